The summed E-state index contributed by atoms with van der Waals surface area (Å²) in [5.74, 6) is 0.942. The van der Waals surface area contributed by atoms with Crippen molar-refractivity contribution in [3.8, 4) is 17.2 Å². The molecule has 0 N–H and O–H groups in total. The fraction of sp³-hybridized carbons (Fsp3) is 0.407. The molecule has 3 aromatic rings. The Morgan fingerprint density at radius 3 is 2.27 bits per heavy atom. The van der Waals surface area contributed by atoms with E-state index >= 15 is 0 Å². The largest absolute Gasteiger partial charge is 0.497 e. The Morgan fingerprint density at radius 2 is 1.62 bits per heavy atom. The lowest BCUT2D eigenvalue weighted by Gasteiger charge is -2.36. The quantitative estimate of drug-likeness (QED) is 0.447. The first-order chi connectivity index (χ1) is 17.9. The number of ether oxygens (including phenoxy) is 2. The van der Waals surface area contributed by atoms with Gasteiger partial charge in [-0.25, -0.2) is 8.42 Å². The molecule has 2 aliphatic rings. The van der Waals surface area contributed by atoms with Crippen molar-refractivity contribution in [3.63, 3.8) is 0 Å². The van der Waals surface area contributed by atoms with Gasteiger partial charge in [-0.1, -0.05) is 30.3 Å². The highest BCUT2D eigenvalue weighted by Gasteiger charge is 2.30. The first-order valence-electron chi connectivity index (χ1n) is 12.6. The molecule has 1 aromatic heterocycles. The van der Waals surface area contributed by atoms with Gasteiger partial charge < -0.3 is 14.4 Å². The van der Waals surface area contributed by atoms with Crippen LogP contribution < -0.4 is 19.9 Å². The number of aromatic nitrogens is 2. The highest BCUT2D eigenvalue weighted by molar-refractivity contribution is 7.88. The molecule has 0 bridgehead atoms. The minimum atomic E-state index is -3.44. The third-order valence-corrected chi connectivity index (χ3v) is 8.83. The number of hydrogen-bond acceptors (Lipinski definition) is 7. The summed E-state index contributed by atoms with van der Waals surface area (Å²) < 4.78 is 40.4. The van der Waals surface area contributed by atoms with E-state index in [0.717, 1.165) is 31.2 Å². The molecule has 37 heavy (non-hydrogen) atoms. The van der Waals surface area contributed by atoms with Crippen LogP contribution in [-0.4, -0.2) is 61.9 Å². The van der Waals surface area contributed by atoms with E-state index in [1.54, 1.807) is 37.6 Å². The molecule has 1 saturated heterocycles. The van der Waals surface area contributed by atoms with E-state index < -0.39 is 10.0 Å². The van der Waals surface area contributed by atoms with Crippen LogP contribution in [0, 0.1) is 0 Å². The lowest BCUT2D eigenvalue weighted by molar-refractivity contribution is 0.205. The summed E-state index contributed by atoms with van der Waals surface area (Å²) in [5.41, 5.74) is 1.67. The summed E-state index contributed by atoms with van der Waals surface area (Å²) in [6.07, 6.45) is 5.63. The van der Waals surface area contributed by atoms with E-state index in [-0.39, 0.29) is 23.2 Å². The molecule has 2 heterocycles. The van der Waals surface area contributed by atoms with Gasteiger partial charge >= 0.3 is 5.56 Å². The van der Waals surface area contributed by atoms with Gasteiger partial charge in [0.1, 0.15) is 11.4 Å². The highest BCUT2D eigenvalue weighted by atomic mass is 32.2. The third kappa shape index (κ3) is 5.65. The van der Waals surface area contributed by atoms with Crippen LogP contribution in [-0.2, 0) is 15.8 Å². The lowest BCUT2D eigenvalue weighted by atomic mass is 10.2. The zero-order valence-electron chi connectivity index (χ0n) is 21.0. The van der Waals surface area contributed by atoms with Crippen molar-refractivity contribution in [1.29, 1.82) is 0 Å². The summed E-state index contributed by atoms with van der Waals surface area (Å²) in [7, 11) is -1.85. The highest BCUT2D eigenvalue weighted by Crippen LogP contribution is 2.30. The molecule has 0 amide bonds. The number of methoxy groups -OCH3 is 1. The Bertz CT molecular complexity index is 1360. The predicted molar refractivity (Wildman–Crippen MR) is 142 cm³/mol. The van der Waals surface area contributed by atoms with Crippen LogP contribution in [0.25, 0.3) is 5.69 Å². The predicted octanol–water partition coefficient (Wildman–Crippen LogP) is 3.21. The number of benzene rings is 2. The van der Waals surface area contributed by atoms with Gasteiger partial charge in [0.25, 0.3) is 0 Å². The van der Waals surface area contributed by atoms with Gasteiger partial charge in [-0.05, 0) is 55.5 Å². The smallest absolute Gasteiger partial charge is 0.316 e. The maximum atomic E-state index is 13.6. The standard InChI is InChI=1S/C27H32N4O5S/c1-35-23-13-11-22(12-14-23)31-27(32)26(36-24-9-5-6-10-24)25(19-28-31)29-15-17-30(18-16-29)37(33,34)20-21-7-3-2-4-8-21/h2-4,7-8,11-14,19,24H,5-6,9-10,15-18,20H2,1H3. The molecule has 10 heteroatoms. The molecule has 0 radical (unpaired) electrons. The molecule has 2 fully saturated rings. The molecule has 196 valence electrons. The number of rotatable bonds is 8. The molecule has 5 rings (SSSR count). The SMILES string of the molecule is COc1ccc(-n2ncc(N3CCN(S(=O)(=O)Cc4ccccc4)CC3)c(OC3CCCC3)c2=O)cc1. The van der Waals surface area contributed by atoms with Crippen LogP contribution in [0.15, 0.2) is 65.6 Å². The number of piperazine rings is 1. The Balaban J connectivity index is 1.38. The van der Waals surface area contributed by atoms with Crippen molar-refractivity contribution >= 4 is 15.7 Å². The van der Waals surface area contributed by atoms with Crippen molar-refractivity contribution in [2.75, 3.05) is 38.2 Å². The van der Waals surface area contributed by atoms with E-state index in [2.05, 4.69) is 5.10 Å². The normalized spacial score (nSPS) is 17.2. The van der Waals surface area contributed by atoms with Crippen LogP contribution in [0.3, 0.4) is 0 Å². The van der Waals surface area contributed by atoms with E-state index in [4.69, 9.17) is 9.47 Å². The summed E-state index contributed by atoms with van der Waals surface area (Å²) in [4.78, 5) is 15.6. The molecule has 1 aliphatic heterocycles. The van der Waals surface area contributed by atoms with Crippen LogP contribution in [0.2, 0.25) is 0 Å². The maximum Gasteiger partial charge on any atom is 0.316 e. The van der Waals surface area contributed by atoms with Gasteiger partial charge in [-0.2, -0.15) is 14.1 Å². The first-order valence-corrected chi connectivity index (χ1v) is 14.3. The Hall–Kier alpha value is -3.37. The van der Waals surface area contributed by atoms with Gasteiger partial charge in [-0.3, -0.25) is 4.79 Å². The number of sulfonamides is 1. The van der Waals surface area contributed by atoms with E-state index in [1.807, 2.05) is 35.2 Å². The summed E-state index contributed by atoms with van der Waals surface area (Å²) in [5, 5.41) is 4.45. The molecule has 1 aliphatic carbocycles. The second-order valence-corrected chi connectivity index (χ2v) is 11.4. The van der Waals surface area contributed by atoms with Gasteiger partial charge in [-0.15, -0.1) is 0 Å². The van der Waals surface area contributed by atoms with Crippen molar-refractivity contribution in [2.24, 2.45) is 0 Å². The summed E-state index contributed by atoms with van der Waals surface area (Å²) >= 11 is 0. The maximum absolute atomic E-state index is 13.6. The molecule has 0 spiro atoms. The fourth-order valence-corrected chi connectivity index (χ4v) is 6.44. The fourth-order valence-electron chi connectivity index (χ4n) is 4.93. The van der Waals surface area contributed by atoms with Crippen LogP contribution >= 0.6 is 0 Å². The number of nitrogens with zero attached hydrogens (tertiary/aromatic N) is 4. The zero-order chi connectivity index (χ0) is 25.8. The first kappa shape index (κ1) is 25.3. The Labute approximate surface area is 217 Å². The van der Waals surface area contributed by atoms with Crippen LogP contribution in [0.5, 0.6) is 11.5 Å². The number of anilines is 1. The number of hydrogen-bond donors (Lipinski definition) is 0. The van der Waals surface area contributed by atoms with E-state index in [9.17, 15) is 13.2 Å². The zero-order valence-corrected chi connectivity index (χ0v) is 21.8. The summed E-state index contributed by atoms with van der Waals surface area (Å²) in [6.45, 7) is 1.56. The summed E-state index contributed by atoms with van der Waals surface area (Å²) in [6, 6.07) is 16.3. The van der Waals surface area contributed by atoms with Crippen molar-refractivity contribution in [3.05, 3.63) is 76.7 Å². The van der Waals surface area contributed by atoms with Gasteiger partial charge in [0.15, 0.2) is 0 Å². The topological polar surface area (TPSA) is 94.0 Å². The van der Waals surface area contributed by atoms with Crippen molar-refractivity contribution in [1.82, 2.24) is 14.1 Å². The van der Waals surface area contributed by atoms with Gasteiger partial charge in [0.2, 0.25) is 15.8 Å². The van der Waals surface area contributed by atoms with Gasteiger partial charge in [0, 0.05) is 26.2 Å². The van der Waals surface area contributed by atoms with Crippen LogP contribution in [0.4, 0.5) is 5.69 Å². The van der Waals surface area contributed by atoms with Crippen LogP contribution in [0.1, 0.15) is 31.2 Å². The second-order valence-electron chi connectivity index (χ2n) is 9.43. The molecule has 0 unspecified atom stereocenters. The minimum absolute atomic E-state index is 0.00860. The lowest BCUT2D eigenvalue weighted by Crippen LogP contribution is -2.49. The van der Waals surface area contributed by atoms with Crippen molar-refractivity contribution < 1.29 is 17.9 Å². The van der Waals surface area contributed by atoms with Gasteiger partial charge in [0.05, 0.1) is 30.9 Å². The van der Waals surface area contributed by atoms with Crippen molar-refractivity contribution in [2.45, 2.75) is 37.5 Å². The Kier molecular flexibility index (Phi) is 7.48. The average Bonchev–Trinajstić information content (AvgIpc) is 3.44. The average molecular weight is 525 g/mol. The van der Waals surface area contributed by atoms with E-state index in [0.29, 0.717) is 43.3 Å². The molecule has 9 nitrogen and oxygen atoms in total. The molecule has 0 atom stereocenters. The molecular formula is C27H32N4O5S. The molecule has 2 aromatic carbocycles. The second kappa shape index (κ2) is 10.9. The molecule has 1 saturated carbocycles. The monoisotopic (exact) mass is 524 g/mol. The van der Waals surface area contributed by atoms with E-state index in [1.165, 1.54) is 8.99 Å². The minimum Gasteiger partial charge on any atom is -0.497 e. The molecular weight excluding hydrogens is 492 g/mol. The third-order valence-electron chi connectivity index (χ3n) is 6.98. The Morgan fingerprint density at radius 1 is 0.946 bits per heavy atom.